The number of aryl methyl sites for hydroxylation is 1. The largest absolute Gasteiger partial charge is 0.497 e. The van der Waals surface area contributed by atoms with Crippen LogP contribution in [0.3, 0.4) is 0 Å². The van der Waals surface area contributed by atoms with Gasteiger partial charge in [0.25, 0.3) is 15.9 Å². The Kier molecular flexibility index (Phi) is 6.62. The molecule has 0 aliphatic rings. The summed E-state index contributed by atoms with van der Waals surface area (Å²) in [5.74, 6) is -0.344. The quantitative estimate of drug-likeness (QED) is 0.360. The maximum Gasteiger partial charge on any atom is 0.261 e. The Hall–Kier alpha value is -3.76. The van der Waals surface area contributed by atoms with E-state index in [1.165, 1.54) is 23.5 Å². The van der Waals surface area contributed by atoms with Gasteiger partial charge in [-0.3, -0.25) is 14.8 Å². The normalized spacial score (nSPS) is 11.1. The Morgan fingerprint density at radius 1 is 1.00 bits per heavy atom. The van der Waals surface area contributed by atoms with Crippen molar-refractivity contribution >= 4 is 38.1 Å². The zero-order valence-corrected chi connectivity index (χ0v) is 19.8. The summed E-state index contributed by atoms with van der Waals surface area (Å²) >= 11 is 1.31. The number of hydrogen-bond acceptors (Lipinski definition) is 6. The standard InChI is InChI=1S/C24H20FN3O4S2/c1-15-22(16-7-11-18(32-2)12-8-16)26-24(33-15)27-23(29)20-5-3-4-6-21(20)28-34(30,31)19-13-9-17(25)10-14-19/h3-14,28H,1-2H3,(H,26,27,29). The summed E-state index contributed by atoms with van der Waals surface area (Å²) in [6, 6.07) is 18.0. The number of amides is 1. The summed E-state index contributed by atoms with van der Waals surface area (Å²) in [5.41, 5.74) is 1.82. The lowest BCUT2D eigenvalue weighted by Crippen LogP contribution is -2.18. The second-order valence-corrected chi connectivity index (χ2v) is 10.1. The molecule has 7 nitrogen and oxygen atoms in total. The van der Waals surface area contributed by atoms with Crippen LogP contribution in [0.5, 0.6) is 5.75 Å². The Labute approximate surface area is 200 Å². The number of ether oxygens (including phenoxy) is 1. The highest BCUT2D eigenvalue weighted by atomic mass is 32.2. The molecule has 10 heteroatoms. The molecule has 0 aliphatic heterocycles. The van der Waals surface area contributed by atoms with Gasteiger partial charge in [-0.05, 0) is 67.6 Å². The lowest BCUT2D eigenvalue weighted by molar-refractivity contribution is 0.102. The maximum atomic E-state index is 13.2. The van der Waals surface area contributed by atoms with Crippen molar-refractivity contribution in [2.75, 3.05) is 17.1 Å². The van der Waals surface area contributed by atoms with Gasteiger partial charge in [0.2, 0.25) is 0 Å². The molecule has 34 heavy (non-hydrogen) atoms. The number of halogens is 1. The molecule has 0 atom stereocenters. The Morgan fingerprint density at radius 3 is 2.35 bits per heavy atom. The zero-order valence-electron chi connectivity index (χ0n) is 18.2. The van der Waals surface area contributed by atoms with Crippen molar-refractivity contribution in [1.82, 2.24) is 4.98 Å². The summed E-state index contributed by atoms with van der Waals surface area (Å²) in [4.78, 5) is 18.3. The van der Waals surface area contributed by atoms with E-state index < -0.39 is 21.7 Å². The fraction of sp³-hybridized carbons (Fsp3) is 0.0833. The van der Waals surface area contributed by atoms with Gasteiger partial charge in [0.1, 0.15) is 11.6 Å². The van der Waals surface area contributed by atoms with Crippen molar-refractivity contribution in [2.24, 2.45) is 0 Å². The third-order valence-corrected chi connectivity index (χ3v) is 7.19. The van der Waals surface area contributed by atoms with Gasteiger partial charge >= 0.3 is 0 Å². The zero-order chi connectivity index (χ0) is 24.3. The van der Waals surface area contributed by atoms with Crippen molar-refractivity contribution in [3.63, 3.8) is 0 Å². The van der Waals surface area contributed by atoms with Crippen LogP contribution >= 0.6 is 11.3 Å². The van der Waals surface area contributed by atoms with Gasteiger partial charge in [0.05, 0.1) is 29.0 Å². The number of sulfonamides is 1. The van der Waals surface area contributed by atoms with Crippen LogP contribution in [0, 0.1) is 12.7 Å². The fourth-order valence-electron chi connectivity index (χ4n) is 3.22. The van der Waals surface area contributed by atoms with E-state index in [0.717, 1.165) is 46.1 Å². The highest BCUT2D eigenvalue weighted by Crippen LogP contribution is 2.32. The van der Waals surface area contributed by atoms with Crippen molar-refractivity contribution in [1.29, 1.82) is 0 Å². The van der Waals surface area contributed by atoms with Gasteiger partial charge in [0, 0.05) is 10.4 Å². The maximum absolute atomic E-state index is 13.2. The predicted molar refractivity (Wildman–Crippen MR) is 130 cm³/mol. The van der Waals surface area contributed by atoms with Crippen LogP contribution in [0.4, 0.5) is 15.2 Å². The molecular weight excluding hydrogens is 477 g/mol. The number of methoxy groups -OCH3 is 1. The van der Waals surface area contributed by atoms with Gasteiger partial charge in [-0.25, -0.2) is 17.8 Å². The third kappa shape index (κ3) is 5.08. The minimum atomic E-state index is -4.02. The highest BCUT2D eigenvalue weighted by Gasteiger charge is 2.20. The molecule has 1 aromatic heterocycles. The summed E-state index contributed by atoms with van der Waals surface area (Å²) in [6.07, 6.45) is 0. The van der Waals surface area contributed by atoms with Crippen molar-refractivity contribution in [2.45, 2.75) is 11.8 Å². The van der Waals surface area contributed by atoms with Crippen molar-refractivity contribution in [3.05, 3.63) is 89.1 Å². The van der Waals surface area contributed by atoms with E-state index in [4.69, 9.17) is 4.74 Å². The number of aromatic nitrogens is 1. The van der Waals surface area contributed by atoms with Crippen LogP contribution < -0.4 is 14.8 Å². The number of rotatable bonds is 7. The van der Waals surface area contributed by atoms with Crippen LogP contribution in [-0.4, -0.2) is 26.4 Å². The molecule has 1 heterocycles. The molecular formula is C24H20FN3O4S2. The van der Waals surface area contributed by atoms with E-state index in [2.05, 4.69) is 15.0 Å². The van der Waals surface area contributed by atoms with E-state index in [-0.39, 0.29) is 16.1 Å². The van der Waals surface area contributed by atoms with Gasteiger partial charge < -0.3 is 4.74 Å². The van der Waals surface area contributed by atoms with E-state index in [1.54, 1.807) is 19.2 Å². The molecule has 0 aliphatic carbocycles. The first-order valence-corrected chi connectivity index (χ1v) is 12.4. The first-order valence-electron chi connectivity index (χ1n) is 10.1. The SMILES string of the molecule is COc1ccc(-c2nc(NC(=O)c3ccccc3NS(=O)(=O)c3ccc(F)cc3)sc2C)cc1. The monoisotopic (exact) mass is 497 g/mol. The van der Waals surface area contributed by atoms with E-state index in [0.29, 0.717) is 5.13 Å². The van der Waals surface area contributed by atoms with Crippen LogP contribution in [-0.2, 0) is 10.0 Å². The fourth-order valence-corrected chi connectivity index (χ4v) is 5.13. The van der Waals surface area contributed by atoms with Crippen LogP contribution in [0.2, 0.25) is 0 Å². The Bertz CT molecular complexity index is 1430. The lowest BCUT2D eigenvalue weighted by atomic mass is 10.1. The summed E-state index contributed by atoms with van der Waals surface area (Å²) in [5, 5.41) is 3.12. The molecule has 0 fully saturated rings. The number of benzene rings is 3. The molecule has 0 unspecified atom stereocenters. The van der Waals surface area contributed by atoms with E-state index >= 15 is 0 Å². The number of hydrogen-bond donors (Lipinski definition) is 2. The number of nitrogens with zero attached hydrogens (tertiary/aromatic N) is 1. The van der Waals surface area contributed by atoms with Crippen molar-refractivity contribution in [3.8, 4) is 17.0 Å². The summed E-state index contributed by atoms with van der Waals surface area (Å²) in [7, 11) is -2.43. The molecule has 0 spiro atoms. The molecule has 3 aromatic carbocycles. The molecule has 4 rings (SSSR count). The van der Waals surface area contributed by atoms with E-state index in [1.807, 2.05) is 31.2 Å². The number of nitrogens with one attached hydrogen (secondary N) is 2. The van der Waals surface area contributed by atoms with Gasteiger partial charge in [-0.15, -0.1) is 11.3 Å². The van der Waals surface area contributed by atoms with Crippen molar-refractivity contribution < 1.29 is 22.3 Å². The third-order valence-electron chi connectivity index (χ3n) is 4.92. The Balaban J connectivity index is 1.56. The molecule has 2 N–H and O–H groups in total. The number of thiazole rings is 1. The van der Waals surface area contributed by atoms with Gasteiger partial charge in [0.15, 0.2) is 5.13 Å². The summed E-state index contributed by atoms with van der Waals surface area (Å²) < 4.78 is 46.2. The lowest BCUT2D eigenvalue weighted by Gasteiger charge is -2.12. The molecule has 174 valence electrons. The first-order chi connectivity index (χ1) is 16.3. The van der Waals surface area contributed by atoms with Crippen LogP contribution in [0.15, 0.2) is 77.7 Å². The average molecular weight is 498 g/mol. The smallest absolute Gasteiger partial charge is 0.261 e. The van der Waals surface area contributed by atoms with Crippen LogP contribution in [0.25, 0.3) is 11.3 Å². The number of anilines is 2. The second-order valence-electron chi connectivity index (χ2n) is 7.21. The molecule has 1 amide bonds. The molecule has 4 aromatic rings. The molecule has 0 bridgehead atoms. The predicted octanol–water partition coefficient (Wildman–Crippen LogP) is 5.32. The number of para-hydroxylation sites is 1. The minimum absolute atomic E-state index is 0.0907. The van der Waals surface area contributed by atoms with Gasteiger partial charge in [-0.2, -0.15) is 0 Å². The minimum Gasteiger partial charge on any atom is -0.497 e. The first kappa shape index (κ1) is 23.4. The highest BCUT2D eigenvalue weighted by molar-refractivity contribution is 7.92. The topological polar surface area (TPSA) is 97.4 Å². The number of carbonyl (C=O) groups is 1. The summed E-state index contributed by atoms with van der Waals surface area (Å²) in [6.45, 7) is 1.90. The average Bonchev–Trinajstić information content (AvgIpc) is 3.19. The second kappa shape index (κ2) is 9.62. The number of carbonyl (C=O) groups excluding carboxylic acids is 1. The van der Waals surface area contributed by atoms with Gasteiger partial charge in [-0.1, -0.05) is 12.1 Å². The molecule has 0 saturated carbocycles. The Morgan fingerprint density at radius 2 is 1.68 bits per heavy atom. The van der Waals surface area contributed by atoms with E-state index in [9.17, 15) is 17.6 Å². The van der Waals surface area contributed by atoms with Crippen LogP contribution in [0.1, 0.15) is 15.2 Å². The molecule has 0 radical (unpaired) electrons. The molecule has 0 saturated heterocycles.